The van der Waals surface area contributed by atoms with Gasteiger partial charge in [-0.1, -0.05) is 82.8 Å². The Balaban J connectivity index is 0.000000196. The molecule has 24 nitrogen and oxygen atoms in total. The summed E-state index contributed by atoms with van der Waals surface area (Å²) in [6, 6.07) is 48.2. The lowest BCUT2D eigenvalue weighted by Crippen LogP contribution is -2.31. The van der Waals surface area contributed by atoms with Crippen molar-refractivity contribution in [3.8, 4) is 69.0 Å². The van der Waals surface area contributed by atoms with Crippen molar-refractivity contribution in [3.05, 3.63) is 245 Å². The number of aldehydes is 1. The summed E-state index contributed by atoms with van der Waals surface area (Å²) in [4.78, 5) is 36.4. The molecule has 8 aromatic carbocycles. The first-order chi connectivity index (χ1) is 54.0. The average Bonchev–Trinajstić information content (AvgIpc) is 1.65. The fraction of sp³-hybridized carbons (Fsp3) is 0.321. The van der Waals surface area contributed by atoms with Gasteiger partial charge in [0.2, 0.25) is 0 Å². The molecule has 2 saturated carbocycles. The Bertz CT molecular complexity index is 4590. The van der Waals surface area contributed by atoms with Crippen LogP contribution in [0.25, 0.3) is 0 Å². The number of hydrogen-bond acceptors (Lipinski definition) is 20. The van der Waals surface area contributed by atoms with Crippen LogP contribution in [-0.2, 0) is 59.9 Å². The van der Waals surface area contributed by atoms with Gasteiger partial charge in [-0.2, -0.15) is 10.2 Å². The van der Waals surface area contributed by atoms with Crippen LogP contribution in [0.2, 0.25) is 20.1 Å². The number of carboxylic acids is 1. The number of nitrogens with one attached hydrogen (secondary N) is 2. The van der Waals surface area contributed by atoms with Crippen LogP contribution in [0.4, 0.5) is 0 Å². The molecule has 10 aromatic rings. The van der Waals surface area contributed by atoms with Gasteiger partial charge in [-0.15, -0.1) is 0 Å². The first-order valence-electron chi connectivity index (χ1n) is 35.4. The highest BCUT2D eigenvalue weighted by molar-refractivity contribution is 6.33. The van der Waals surface area contributed by atoms with E-state index in [4.69, 9.17) is 114 Å². The molecule has 2 fully saturated rings. The van der Waals surface area contributed by atoms with E-state index in [-0.39, 0.29) is 11.6 Å². The molecule has 2 heterocycles. The molecule has 0 radical (unpaired) electrons. The summed E-state index contributed by atoms with van der Waals surface area (Å²) in [5.41, 5.74) is 15.9. The third-order valence-corrected chi connectivity index (χ3v) is 18.9. The Hall–Kier alpha value is -10.6. The number of aromatic carboxylic acids is 1. The minimum absolute atomic E-state index is 0.108. The van der Waals surface area contributed by atoms with Crippen LogP contribution in [0.15, 0.2) is 158 Å². The van der Waals surface area contributed by atoms with E-state index >= 15 is 0 Å². The normalized spacial score (nSPS) is 11.6. The predicted octanol–water partition coefficient (Wildman–Crippen LogP) is 16.4. The molecule has 0 aliphatic heterocycles. The summed E-state index contributed by atoms with van der Waals surface area (Å²) in [5, 5.41) is 26.5. The predicted molar refractivity (Wildman–Crippen MR) is 435 cm³/mol. The molecule has 0 saturated heterocycles. The van der Waals surface area contributed by atoms with Crippen LogP contribution in [0.3, 0.4) is 0 Å². The number of benzene rings is 8. The van der Waals surface area contributed by atoms with Crippen LogP contribution in [0.1, 0.15) is 119 Å². The maximum absolute atomic E-state index is 13.7. The van der Waals surface area contributed by atoms with Gasteiger partial charge in [0, 0.05) is 117 Å². The summed E-state index contributed by atoms with van der Waals surface area (Å²) in [6.07, 6.45) is 5.30. The average molecular weight is 1620 g/mol. The smallest absolute Gasteiger partial charge is 0.354 e. The monoisotopic (exact) mass is 1610 g/mol. The second kappa shape index (κ2) is 45.1. The molecule has 2 aliphatic rings. The van der Waals surface area contributed by atoms with Crippen molar-refractivity contribution in [2.45, 2.75) is 83.3 Å². The highest BCUT2D eigenvalue weighted by Gasteiger charge is 2.31. The van der Waals surface area contributed by atoms with Gasteiger partial charge in [0.15, 0.2) is 0 Å². The molecule has 28 heteroatoms. The van der Waals surface area contributed by atoms with E-state index in [1.165, 1.54) is 11.8 Å². The second-order valence-corrected chi connectivity index (χ2v) is 26.8. The Morgan fingerprint density at radius 1 is 0.420 bits per heavy atom. The quantitative estimate of drug-likeness (QED) is 0.0305. The van der Waals surface area contributed by atoms with Gasteiger partial charge in [-0.05, 0) is 139 Å². The zero-order valence-electron chi connectivity index (χ0n) is 65.4. The minimum atomic E-state index is -0.906. The van der Waals surface area contributed by atoms with Crippen molar-refractivity contribution in [2.75, 3.05) is 85.3 Å². The first kappa shape index (κ1) is 88.6. The number of carbonyl (C=O) groups is 3. The molecular formula is C84H98Cl4N8O16. The van der Waals surface area contributed by atoms with E-state index in [2.05, 4.69) is 20.8 Å². The lowest BCUT2D eigenvalue weighted by atomic mass is 10.1. The fourth-order valence-corrected chi connectivity index (χ4v) is 12.0. The van der Waals surface area contributed by atoms with Crippen molar-refractivity contribution in [3.63, 3.8) is 0 Å². The standard InChI is InChI=1S/C25H28ClN3O4.2C17H20ClNO3.C9H13NO2.C8H7ClO2.C8H10N2O2/c1-28-22(13-21(27-28)17-6-7-17)25(30)29(14-16-5-10-20(26)24(11-16)33-4)15-18-8-9-19(31-2)12-23(18)32-3;2*1-20-14-6-5-13(16(9-14)21-2)11-19-10-12-4-7-15(18)17(8-12)22-3;1-11-8-4-3-7(6-10)9(5-8)12-2;1-11-8-4-6(5-10)2-3-7(8)9;1-10-7(8(11)12)4-6(9-10)5-2-3-5/h5,8-13,17H,6-7,14-15H2,1-4H3;2*4-9,19H,10-11H2,1-3H3;3-5H,6,10H2,1-2H3;2-5H,1H3;4-5H,2-3H2,1H3,(H,11,12). The number of carbonyl (C=O) groups excluding carboxylic acids is 2. The summed E-state index contributed by atoms with van der Waals surface area (Å²) in [5.74, 6) is 8.51. The van der Waals surface area contributed by atoms with Gasteiger partial charge < -0.3 is 83.2 Å². The lowest BCUT2D eigenvalue weighted by Gasteiger charge is -2.24. The number of methoxy groups -OCH3 is 12. The molecule has 12 rings (SSSR count). The van der Waals surface area contributed by atoms with Crippen LogP contribution in [-0.4, -0.2) is 133 Å². The fourth-order valence-electron chi connectivity index (χ4n) is 11.2. The molecule has 0 spiro atoms. The van der Waals surface area contributed by atoms with Crippen LogP contribution in [0, 0.1) is 0 Å². The number of rotatable bonds is 30. The summed E-state index contributed by atoms with van der Waals surface area (Å²) >= 11 is 24.0. The molecule has 0 unspecified atom stereocenters. The van der Waals surface area contributed by atoms with Crippen molar-refractivity contribution >= 4 is 64.6 Å². The summed E-state index contributed by atoms with van der Waals surface area (Å²) in [7, 11) is 22.8. The number of nitrogens with two attached hydrogens (primary N) is 1. The number of carboxylic acid groups (broad SMARTS) is 1. The highest BCUT2D eigenvalue weighted by atomic mass is 35.5. The molecule has 112 heavy (non-hydrogen) atoms. The van der Waals surface area contributed by atoms with Gasteiger partial charge in [0.25, 0.3) is 5.91 Å². The van der Waals surface area contributed by atoms with Gasteiger partial charge >= 0.3 is 5.97 Å². The number of amides is 1. The number of aryl methyl sites for hydroxylation is 2. The molecule has 598 valence electrons. The molecule has 0 atom stereocenters. The van der Waals surface area contributed by atoms with Crippen molar-refractivity contribution in [1.82, 2.24) is 35.1 Å². The van der Waals surface area contributed by atoms with Crippen LogP contribution >= 0.6 is 46.4 Å². The molecule has 2 aliphatic carbocycles. The largest absolute Gasteiger partial charge is 0.497 e. The number of hydrogen-bond donors (Lipinski definition) is 4. The minimum Gasteiger partial charge on any atom is -0.497 e. The van der Waals surface area contributed by atoms with Crippen molar-refractivity contribution in [2.24, 2.45) is 19.8 Å². The maximum Gasteiger partial charge on any atom is 0.354 e. The highest BCUT2D eigenvalue weighted by Crippen LogP contribution is 2.41. The van der Waals surface area contributed by atoms with E-state index in [1.54, 1.807) is 125 Å². The molecule has 0 bridgehead atoms. The Morgan fingerprint density at radius 3 is 1.12 bits per heavy atom. The topological polar surface area (TPSA) is 271 Å². The zero-order valence-corrected chi connectivity index (χ0v) is 68.4. The second-order valence-electron chi connectivity index (χ2n) is 25.2. The molecule has 5 N–H and O–H groups in total. The van der Waals surface area contributed by atoms with Gasteiger partial charge in [0.05, 0.1) is 123 Å². The van der Waals surface area contributed by atoms with Crippen molar-refractivity contribution < 1.29 is 76.3 Å². The van der Waals surface area contributed by atoms with Gasteiger partial charge in [-0.3, -0.25) is 19.0 Å². The zero-order chi connectivity index (χ0) is 81.4. The number of halogens is 4. The van der Waals surface area contributed by atoms with E-state index < -0.39 is 5.97 Å². The van der Waals surface area contributed by atoms with Crippen LogP contribution < -0.4 is 73.2 Å². The SMILES string of the molecule is COc1cc(C=O)ccc1Cl.COc1ccc(CN(Cc2ccc(Cl)c(OC)c2)C(=O)c2cc(C3CC3)nn2C)c(OC)c1.COc1ccc(CN)c(OC)c1.COc1ccc(CNCc2ccc(Cl)c(OC)c2)c(OC)c1.COc1ccc(CNCc2ccc(Cl)c(OC)c2)c(OC)c1.Cn1nc(C2CC2)cc1C(=O)O. The number of ether oxygens (including phenoxy) is 12. The third-order valence-electron chi connectivity index (χ3n) is 17.7. The van der Waals surface area contributed by atoms with E-state index in [0.29, 0.717) is 123 Å². The Kier molecular flexibility index (Phi) is 35.7. The Labute approximate surface area is 674 Å². The van der Waals surface area contributed by atoms with Gasteiger partial charge in [0.1, 0.15) is 86.7 Å². The molecule has 1 amide bonds. The molecular weight excluding hydrogens is 1520 g/mol. The molecule has 2 aromatic heterocycles. The Morgan fingerprint density at radius 2 is 0.759 bits per heavy atom. The first-order valence-corrected chi connectivity index (χ1v) is 36.9. The van der Waals surface area contributed by atoms with Gasteiger partial charge in [-0.25, -0.2) is 4.79 Å². The van der Waals surface area contributed by atoms with Crippen molar-refractivity contribution in [1.29, 1.82) is 0 Å². The lowest BCUT2D eigenvalue weighted by molar-refractivity contribution is 0.0682. The number of nitrogens with zero attached hydrogens (tertiary/aromatic N) is 5. The van der Waals surface area contributed by atoms with E-state index in [9.17, 15) is 14.4 Å². The summed E-state index contributed by atoms with van der Waals surface area (Å²) < 4.78 is 66.0. The van der Waals surface area contributed by atoms with Crippen LogP contribution in [0.5, 0.6) is 69.0 Å². The maximum atomic E-state index is 13.7. The van der Waals surface area contributed by atoms with E-state index in [1.807, 2.05) is 134 Å². The third kappa shape index (κ3) is 26.3. The van der Waals surface area contributed by atoms with E-state index in [0.717, 1.165) is 117 Å². The number of aromatic nitrogens is 4. The summed E-state index contributed by atoms with van der Waals surface area (Å²) in [6.45, 7) is 4.00.